The summed E-state index contributed by atoms with van der Waals surface area (Å²) >= 11 is 0. The van der Waals surface area contributed by atoms with E-state index < -0.39 is 0 Å². The Morgan fingerprint density at radius 3 is 1.89 bits per heavy atom. The van der Waals surface area contributed by atoms with Crippen molar-refractivity contribution in [1.82, 2.24) is 15.0 Å². The summed E-state index contributed by atoms with van der Waals surface area (Å²) < 4.78 is 1.67. The molecular weight excluding hydrogens is 460 g/mol. The molecule has 2 aromatic carbocycles. The Bertz CT molecular complexity index is 550. The van der Waals surface area contributed by atoms with E-state index in [0.717, 1.165) is 11.3 Å². The van der Waals surface area contributed by atoms with Gasteiger partial charge in [0, 0.05) is 0 Å². The van der Waals surface area contributed by atoms with Crippen molar-refractivity contribution in [2.24, 2.45) is 0 Å². The molecule has 0 bridgehead atoms. The number of hydrogen-bond acceptors (Lipinski definition) is 2. The van der Waals surface area contributed by atoms with E-state index in [9.17, 15) is 0 Å². The summed E-state index contributed by atoms with van der Waals surface area (Å²) in [5.41, 5.74) is 2.07. The van der Waals surface area contributed by atoms with Crippen LogP contribution in [0, 0.1) is 44.2 Å². The monoisotopic (exact) mass is 473 g/mol. The Hall–Kier alpha value is -1.50. The van der Waals surface area contributed by atoms with Crippen molar-refractivity contribution in [2.45, 2.75) is 0 Å². The molecule has 3 nitrogen and oxygen atoms in total. The molecule has 0 radical (unpaired) electrons. The zero-order valence-electron chi connectivity index (χ0n) is 10.4. The SMILES string of the molecule is [CH2-]c1ccccc1.[U+2].[c-]1cn(-c2ccccc2)nn1. The Kier molecular flexibility index (Phi) is 7.02. The molecular formula is C15H13N3U. The summed E-state index contributed by atoms with van der Waals surface area (Å²) in [4.78, 5) is 0. The maximum absolute atomic E-state index is 3.80. The molecule has 0 amide bonds. The number of hydrogen-bond donors (Lipinski definition) is 0. The zero-order valence-corrected chi connectivity index (χ0v) is 14.6. The molecule has 3 rings (SSSR count). The average molecular weight is 473 g/mol. The molecule has 0 aliphatic rings. The van der Waals surface area contributed by atoms with Gasteiger partial charge in [-0.2, -0.15) is 24.6 Å². The van der Waals surface area contributed by atoms with Gasteiger partial charge in [0.2, 0.25) is 0 Å². The van der Waals surface area contributed by atoms with Gasteiger partial charge >= 0.3 is 31.1 Å². The van der Waals surface area contributed by atoms with Crippen molar-refractivity contribution in [3.05, 3.63) is 85.5 Å². The summed E-state index contributed by atoms with van der Waals surface area (Å²) in [7, 11) is 0. The van der Waals surface area contributed by atoms with Crippen LogP contribution in [-0.4, -0.2) is 15.0 Å². The van der Waals surface area contributed by atoms with E-state index in [4.69, 9.17) is 0 Å². The van der Waals surface area contributed by atoms with Gasteiger partial charge in [-0.05, 0) is 12.1 Å². The molecule has 0 saturated heterocycles. The van der Waals surface area contributed by atoms with Gasteiger partial charge in [0.25, 0.3) is 0 Å². The maximum Gasteiger partial charge on any atom is 2.00 e. The zero-order chi connectivity index (χ0) is 12.6. The first-order valence-corrected chi connectivity index (χ1v) is 5.57. The Balaban J connectivity index is 0.000000198. The molecule has 0 fully saturated rings. The third-order valence-electron chi connectivity index (χ3n) is 2.24. The normalized spacial score (nSPS) is 8.84. The maximum atomic E-state index is 3.80. The molecule has 1 aromatic heterocycles. The van der Waals surface area contributed by atoms with Gasteiger partial charge in [-0.25, -0.2) is 0 Å². The molecule has 19 heavy (non-hydrogen) atoms. The van der Waals surface area contributed by atoms with E-state index in [-0.39, 0.29) is 31.1 Å². The summed E-state index contributed by atoms with van der Waals surface area (Å²) in [6, 6.07) is 19.7. The van der Waals surface area contributed by atoms with Crippen LogP contribution in [0.3, 0.4) is 0 Å². The summed E-state index contributed by atoms with van der Waals surface area (Å²) in [6.07, 6.45) is 4.32. The van der Waals surface area contributed by atoms with Gasteiger partial charge < -0.3 is 11.3 Å². The quantitative estimate of drug-likeness (QED) is 0.509. The second-order valence-electron chi connectivity index (χ2n) is 3.61. The fourth-order valence-electron chi connectivity index (χ4n) is 1.37. The van der Waals surface area contributed by atoms with E-state index in [1.54, 1.807) is 10.9 Å². The van der Waals surface area contributed by atoms with Gasteiger partial charge in [0.1, 0.15) is 0 Å². The van der Waals surface area contributed by atoms with Crippen LogP contribution in [-0.2, 0) is 0 Å². The molecule has 3 aromatic rings. The van der Waals surface area contributed by atoms with Crippen LogP contribution in [0.25, 0.3) is 5.69 Å². The molecule has 0 unspecified atom stereocenters. The second kappa shape index (κ2) is 8.58. The topological polar surface area (TPSA) is 30.7 Å². The van der Waals surface area contributed by atoms with Crippen LogP contribution < -0.4 is 0 Å². The Labute approximate surface area is 137 Å². The van der Waals surface area contributed by atoms with Gasteiger partial charge in [0.15, 0.2) is 0 Å². The first-order valence-electron chi connectivity index (χ1n) is 5.57. The molecule has 0 N–H and O–H groups in total. The Morgan fingerprint density at radius 2 is 1.47 bits per heavy atom. The van der Waals surface area contributed by atoms with Crippen LogP contribution in [0.15, 0.2) is 66.9 Å². The van der Waals surface area contributed by atoms with Crippen LogP contribution in [0.2, 0.25) is 0 Å². The minimum atomic E-state index is 0. The van der Waals surface area contributed by atoms with E-state index in [1.165, 1.54) is 0 Å². The molecule has 0 atom stereocenters. The van der Waals surface area contributed by atoms with Crippen molar-refractivity contribution in [3.8, 4) is 5.69 Å². The van der Waals surface area contributed by atoms with Crippen molar-refractivity contribution in [1.29, 1.82) is 0 Å². The number of rotatable bonds is 1. The molecule has 0 saturated carbocycles. The smallest absolute Gasteiger partial charge is 0.351 e. The third-order valence-corrected chi connectivity index (χ3v) is 2.24. The standard InChI is InChI=1S/C8H6N3.C7H7.U/c1-2-4-8(5-3-1)11-7-6-9-10-11;1-7-5-3-2-4-6-7;/h1-5,7H;2-6H,1H2;/q2*-1;+2. The van der Waals surface area contributed by atoms with Gasteiger partial charge in [-0.1, -0.05) is 24.3 Å². The van der Waals surface area contributed by atoms with Crippen LogP contribution in [0.4, 0.5) is 0 Å². The largest absolute Gasteiger partial charge is 2.00 e. The first kappa shape index (κ1) is 15.6. The first-order chi connectivity index (χ1) is 8.86. The summed E-state index contributed by atoms with van der Waals surface area (Å²) in [6.45, 7) is 3.72. The summed E-state index contributed by atoms with van der Waals surface area (Å²) in [5, 5.41) is 7.38. The number of nitrogens with zero attached hydrogens (tertiary/aromatic N) is 3. The predicted molar refractivity (Wildman–Crippen MR) is 71.1 cm³/mol. The van der Waals surface area contributed by atoms with Gasteiger partial charge in [0.05, 0.1) is 5.69 Å². The predicted octanol–water partition coefficient (Wildman–Crippen LogP) is 2.94. The average Bonchev–Trinajstić information content (AvgIpc) is 2.95. The third kappa shape index (κ3) is 5.34. The molecule has 92 valence electrons. The van der Waals surface area contributed by atoms with E-state index >= 15 is 0 Å². The van der Waals surface area contributed by atoms with Crippen LogP contribution >= 0.6 is 0 Å². The number of para-hydroxylation sites is 1. The van der Waals surface area contributed by atoms with E-state index in [2.05, 4.69) is 23.4 Å². The minimum absolute atomic E-state index is 0. The molecule has 0 spiro atoms. The fraction of sp³-hybridized carbons (Fsp3) is 0. The van der Waals surface area contributed by atoms with Crippen LogP contribution in [0.1, 0.15) is 5.56 Å². The van der Waals surface area contributed by atoms with Crippen molar-refractivity contribution in [2.75, 3.05) is 0 Å². The molecule has 0 aliphatic carbocycles. The van der Waals surface area contributed by atoms with Gasteiger partial charge in [-0.15, -0.1) is 23.5 Å². The minimum Gasteiger partial charge on any atom is -0.351 e. The molecule has 0 aliphatic heterocycles. The Morgan fingerprint density at radius 1 is 0.895 bits per heavy atom. The van der Waals surface area contributed by atoms with Crippen LogP contribution in [0.5, 0.6) is 0 Å². The molecule has 4 heteroatoms. The van der Waals surface area contributed by atoms with E-state index in [0.29, 0.717) is 0 Å². The van der Waals surface area contributed by atoms with Crippen molar-refractivity contribution >= 4 is 0 Å². The van der Waals surface area contributed by atoms with Crippen molar-refractivity contribution < 1.29 is 31.1 Å². The fourth-order valence-corrected chi connectivity index (χ4v) is 1.37. The van der Waals surface area contributed by atoms with E-state index in [1.807, 2.05) is 60.7 Å². The molecule has 1 heterocycles. The second-order valence-corrected chi connectivity index (χ2v) is 3.61. The summed E-state index contributed by atoms with van der Waals surface area (Å²) in [5.74, 6) is 0. The van der Waals surface area contributed by atoms with Gasteiger partial charge in [-0.3, -0.25) is 4.68 Å². The number of aromatic nitrogens is 3. The van der Waals surface area contributed by atoms with Crippen molar-refractivity contribution in [3.63, 3.8) is 0 Å². The number of benzene rings is 2.